The second-order valence-electron chi connectivity index (χ2n) is 3.73. The molecule has 0 aliphatic carbocycles. The van der Waals surface area contributed by atoms with Crippen LogP contribution in [0.1, 0.15) is 20.3 Å². The van der Waals surface area contributed by atoms with Crippen molar-refractivity contribution in [3.63, 3.8) is 0 Å². The van der Waals surface area contributed by atoms with Crippen molar-refractivity contribution in [3.8, 4) is 5.75 Å². The fourth-order valence-electron chi connectivity index (χ4n) is 1.40. The largest absolute Gasteiger partial charge is 0.481 e. The van der Waals surface area contributed by atoms with Crippen molar-refractivity contribution >= 4 is 17.5 Å². The molecule has 6 heteroatoms. The van der Waals surface area contributed by atoms with Crippen LogP contribution in [0.3, 0.4) is 0 Å². The Balaban J connectivity index is 2.67. The van der Waals surface area contributed by atoms with Crippen LogP contribution in [0.5, 0.6) is 5.75 Å². The van der Waals surface area contributed by atoms with E-state index in [9.17, 15) is 9.59 Å². The van der Waals surface area contributed by atoms with Crippen molar-refractivity contribution in [3.05, 3.63) is 24.3 Å². The maximum Gasteiger partial charge on any atom is 0.274 e. The van der Waals surface area contributed by atoms with Crippen molar-refractivity contribution in [2.24, 2.45) is 5.84 Å². The Labute approximate surface area is 105 Å². The number of benzene rings is 1. The zero-order valence-corrected chi connectivity index (χ0v) is 10.4. The van der Waals surface area contributed by atoms with E-state index < -0.39 is 6.10 Å². The molecule has 1 aromatic rings. The lowest BCUT2D eigenvalue weighted by Gasteiger charge is -2.15. The van der Waals surface area contributed by atoms with Gasteiger partial charge in [0, 0.05) is 12.6 Å². The molecule has 0 aliphatic rings. The van der Waals surface area contributed by atoms with E-state index in [1.807, 2.05) is 6.92 Å². The first-order valence-corrected chi connectivity index (χ1v) is 5.61. The molecule has 0 radical (unpaired) electrons. The summed E-state index contributed by atoms with van der Waals surface area (Å²) in [5.74, 6) is 5.08. The smallest absolute Gasteiger partial charge is 0.274 e. The van der Waals surface area contributed by atoms with Crippen LogP contribution in [0, 0.1) is 0 Å². The molecule has 0 bridgehead atoms. The summed E-state index contributed by atoms with van der Waals surface area (Å²) < 4.78 is 5.47. The normalized spacial score (nSPS) is 11.5. The molecule has 1 rings (SSSR count). The third-order valence-corrected chi connectivity index (χ3v) is 2.26. The van der Waals surface area contributed by atoms with E-state index in [2.05, 4.69) is 10.7 Å². The van der Waals surface area contributed by atoms with Crippen LogP contribution in [0.15, 0.2) is 24.3 Å². The molecule has 0 heterocycles. The lowest BCUT2D eigenvalue weighted by molar-refractivity contribution is -0.128. The number of amides is 2. The summed E-state index contributed by atoms with van der Waals surface area (Å²) >= 11 is 0. The number of carbonyl (C=O) groups excluding carboxylic acids is 2. The molecule has 0 aliphatic heterocycles. The molecule has 0 fully saturated rings. The van der Waals surface area contributed by atoms with Gasteiger partial charge in [0.1, 0.15) is 5.75 Å². The fourth-order valence-corrected chi connectivity index (χ4v) is 1.40. The van der Waals surface area contributed by atoms with Crippen molar-refractivity contribution in [1.82, 2.24) is 5.43 Å². The summed E-state index contributed by atoms with van der Waals surface area (Å²) in [6, 6.07) is 6.75. The predicted octanol–water partition coefficient (Wildman–Crippen LogP) is 0.792. The molecule has 18 heavy (non-hydrogen) atoms. The number of nitrogens with two attached hydrogens (primary N) is 1. The van der Waals surface area contributed by atoms with Gasteiger partial charge in [0.2, 0.25) is 5.91 Å². The van der Waals surface area contributed by atoms with Crippen LogP contribution in [0.25, 0.3) is 0 Å². The van der Waals surface area contributed by atoms with Gasteiger partial charge in [-0.25, -0.2) is 5.84 Å². The number of anilines is 1. The van der Waals surface area contributed by atoms with E-state index in [1.54, 1.807) is 24.3 Å². The average molecular weight is 251 g/mol. The third-order valence-electron chi connectivity index (χ3n) is 2.26. The lowest BCUT2D eigenvalue weighted by atomic mass is 10.2. The topological polar surface area (TPSA) is 93.4 Å². The summed E-state index contributed by atoms with van der Waals surface area (Å²) in [7, 11) is 0. The Hall–Kier alpha value is -2.08. The Morgan fingerprint density at radius 2 is 1.94 bits per heavy atom. The van der Waals surface area contributed by atoms with Gasteiger partial charge < -0.3 is 10.1 Å². The minimum atomic E-state index is -0.624. The summed E-state index contributed by atoms with van der Waals surface area (Å²) in [5, 5.41) is 2.64. The number of nitrogens with one attached hydrogen (secondary N) is 2. The zero-order valence-electron chi connectivity index (χ0n) is 10.4. The van der Waals surface area contributed by atoms with Gasteiger partial charge in [-0.05, 0) is 30.7 Å². The number of hydrazine groups is 1. The number of hydrogen-bond acceptors (Lipinski definition) is 4. The van der Waals surface area contributed by atoms with Gasteiger partial charge in [-0.1, -0.05) is 6.92 Å². The first-order valence-electron chi connectivity index (χ1n) is 5.61. The molecule has 1 atom stereocenters. The molecular formula is C12H17N3O3. The second kappa shape index (κ2) is 6.61. The maximum absolute atomic E-state index is 11.3. The zero-order chi connectivity index (χ0) is 13.5. The highest BCUT2D eigenvalue weighted by Gasteiger charge is 2.16. The Morgan fingerprint density at radius 1 is 1.33 bits per heavy atom. The van der Waals surface area contributed by atoms with Gasteiger partial charge in [0.15, 0.2) is 6.10 Å². The van der Waals surface area contributed by atoms with Gasteiger partial charge in [-0.15, -0.1) is 0 Å². The average Bonchev–Trinajstić information content (AvgIpc) is 2.36. The quantitative estimate of drug-likeness (QED) is 0.410. The molecule has 6 nitrogen and oxygen atoms in total. The lowest BCUT2D eigenvalue weighted by Crippen LogP contribution is -2.41. The molecule has 0 aromatic heterocycles. The third kappa shape index (κ3) is 4.06. The Bertz CT molecular complexity index is 417. The first kappa shape index (κ1) is 14.0. The number of ether oxygens (including phenoxy) is 1. The second-order valence-corrected chi connectivity index (χ2v) is 3.73. The molecule has 98 valence electrons. The van der Waals surface area contributed by atoms with Gasteiger partial charge in [0.05, 0.1) is 0 Å². The van der Waals surface area contributed by atoms with Gasteiger partial charge in [-0.2, -0.15) is 0 Å². The van der Waals surface area contributed by atoms with Crippen LogP contribution in [0.4, 0.5) is 5.69 Å². The molecule has 0 saturated heterocycles. The van der Waals surface area contributed by atoms with E-state index in [1.165, 1.54) is 6.92 Å². The van der Waals surface area contributed by atoms with Crippen LogP contribution in [-0.2, 0) is 9.59 Å². The molecule has 2 amide bonds. The molecular weight excluding hydrogens is 234 g/mol. The number of rotatable bonds is 5. The molecule has 0 spiro atoms. The highest BCUT2D eigenvalue weighted by atomic mass is 16.5. The molecule has 0 saturated carbocycles. The highest BCUT2D eigenvalue weighted by Crippen LogP contribution is 2.17. The summed E-state index contributed by atoms with van der Waals surface area (Å²) in [6.45, 7) is 3.26. The van der Waals surface area contributed by atoms with Gasteiger partial charge in [-0.3, -0.25) is 15.0 Å². The van der Waals surface area contributed by atoms with Gasteiger partial charge in [0.25, 0.3) is 5.91 Å². The van der Waals surface area contributed by atoms with Crippen LogP contribution in [0.2, 0.25) is 0 Å². The first-order chi connectivity index (χ1) is 8.56. The van der Waals surface area contributed by atoms with Crippen LogP contribution in [-0.4, -0.2) is 17.9 Å². The Morgan fingerprint density at radius 3 is 2.39 bits per heavy atom. The number of hydrogen-bond donors (Lipinski definition) is 3. The van der Waals surface area contributed by atoms with Crippen molar-refractivity contribution in [1.29, 1.82) is 0 Å². The van der Waals surface area contributed by atoms with E-state index in [4.69, 9.17) is 10.6 Å². The summed E-state index contributed by atoms with van der Waals surface area (Å²) in [4.78, 5) is 22.2. The standard InChI is InChI=1S/C12H17N3O3/c1-3-11(12(17)15-13)18-10-6-4-9(5-7-10)14-8(2)16/h4-7,11H,3,13H2,1-2H3,(H,14,16)(H,15,17). The minimum absolute atomic E-state index is 0.141. The summed E-state index contributed by atoms with van der Waals surface area (Å²) in [5.41, 5.74) is 2.73. The van der Waals surface area contributed by atoms with Crippen molar-refractivity contribution in [2.75, 3.05) is 5.32 Å². The highest BCUT2D eigenvalue weighted by molar-refractivity contribution is 5.88. The van der Waals surface area contributed by atoms with Crippen molar-refractivity contribution < 1.29 is 14.3 Å². The SMILES string of the molecule is CCC(Oc1ccc(NC(C)=O)cc1)C(=O)NN. The minimum Gasteiger partial charge on any atom is -0.481 e. The predicted molar refractivity (Wildman–Crippen MR) is 67.8 cm³/mol. The molecule has 1 unspecified atom stereocenters. The van der Waals surface area contributed by atoms with Crippen molar-refractivity contribution in [2.45, 2.75) is 26.4 Å². The van der Waals surface area contributed by atoms with E-state index >= 15 is 0 Å². The molecule has 4 N–H and O–H groups in total. The van der Waals surface area contributed by atoms with E-state index in [0.717, 1.165) is 0 Å². The maximum atomic E-state index is 11.3. The Kier molecular flexibility index (Phi) is 5.13. The van der Waals surface area contributed by atoms with E-state index in [0.29, 0.717) is 17.9 Å². The fraction of sp³-hybridized carbons (Fsp3) is 0.333. The molecule has 1 aromatic carbocycles. The summed E-state index contributed by atoms with van der Waals surface area (Å²) in [6.07, 6.45) is -0.113. The monoisotopic (exact) mass is 251 g/mol. The number of carbonyl (C=O) groups is 2. The van der Waals surface area contributed by atoms with E-state index in [-0.39, 0.29) is 11.8 Å². The van der Waals surface area contributed by atoms with Crippen LogP contribution < -0.4 is 21.3 Å². The van der Waals surface area contributed by atoms with Crippen LogP contribution >= 0.6 is 0 Å². The van der Waals surface area contributed by atoms with Gasteiger partial charge >= 0.3 is 0 Å².